The summed E-state index contributed by atoms with van der Waals surface area (Å²) in [5.74, 6) is 0.310. The minimum absolute atomic E-state index is 0.365. The number of hydrogen-bond acceptors (Lipinski definition) is 2. The van der Waals surface area contributed by atoms with Gasteiger partial charge in [-0.3, -0.25) is 4.68 Å². The summed E-state index contributed by atoms with van der Waals surface area (Å²) in [7, 11) is 0. The molecular weight excluding hydrogens is 204 g/mol. The van der Waals surface area contributed by atoms with Crippen LogP contribution in [0.2, 0.25) is 0 Å². The topological polar surface area (TPSA) is 55.1 Å². The first-order valence-corrected chi connectivity index (χ1v) is 5.99. The normalized spacial score (nSPS) is 22.1. The third-order valence-corrected chi connectivity index (χ3v) is 3.72. The number of rotatable bonds is 4. The van der Waals surface area contributed by atoms with Gasteiger partial charge in [0.1, 0.15) is 5.56 Å². The molecule has 86 valence electrons. The van der Waals surface area contributed by atoms with Crippen molar-refractivity contribution in [2.24, 2.45) is 5.92 Å². The molecule has 0 bridgehead atoms. The molecule has 1 N–H and O–H groups in total. The molecular formula is C12H16N2O2. The second-order valence-corrected chi connectivity index (χ2v) is 5.05. The molecule has 0 aromatic carbocycles. The molecule has 0 aliphatic heterocycles. The molecule has 1 heterocycles. The summed E-state index contributed by atoms with van der Waals surface area (Å²) in [6, 6.07) is 0.365. The Bertz CT molecular complexity index is 430. The third-order valence-electron chi connectivity index (χ3n) is 3.72. The fraction of sp³-hybridized carbons (Fsp3) is 0.667. The zero-order chi connectivity index (χ0) is 11.3. The highest BCUT2D eigenvalue weighted by Crippen LogP contribution is 2.46. The Kier molecular flexibility index (Phi) is 2.06. The SMILES string of the molecule is CC(C1CC1)n1ncc(C(=O)O)c1C1CC1. The molecule has 16 heavy (non-hydrogen) atoms. The average Bonchev–Trinajstić information content (AvgIpc) is 3.13. The van der Waals surface area contributed by atoms with Gasteiger partial charge in [-0.25, -0.2) is 4.79 Å². The summed E-state index contributed by atoms with van der Waals surface area (Å²) >= 11 is 0. The van der Waals surface area contributed by atoms with Gasteiger partial charge in [0.2, 0.25) is 0 Å². The van der Waals surface area contributed by atoms with Gasteiger partial charge in [0.15, 0.2) is 0 Å². The van der Waals surface area contributed by atoms with Crippen LogP contribution in [0.15, 0.2) is 6.20 Å². The fourth-order valence-corrected chi connectivity index (χ4v) is 2.40. The summed E-state index contributed by atoms with van der Waals surface area (Å²) < 4.78 is 1.97. The van der Waals surface area contributed by atoms with Crippen molar-refractivity contribution >= 4 is 5.97 Å². The van der Waals surface area contributed by atoms with E-state index in [2.05, 4.69) is 12.0 Å². The summed E-state index contributed by atoms with van der Waals surface area (Å²) in [5.41, 5.74) is 1.38. The maximum Gasteiger partial charge on any atom is 0.339 e. The summed E-state index contributed by atoms with van der Waals surface area (Å²) in [4.78, 5) is 11.1. The molecule has 1 atom stereocenters. The van der Waals surface area contributed by atoms with Crippen LogP contribution in [0.5, 0.6) is 0 Å². The van der Waals surface area contributed by atoms with Crippen molar-refractivity contribution in [1.82, 2.24) is 9.78 Å². The Labute approximate surface area is 94.3 Å². The van der Waals surface area contributed by atoms with Gasteiger partial charge in [-0.15, -0.1) is 0 Å². The van der Waals surface area contributed by atoms with E-state index < -0.39 is 5.97 Å². The Morgan fingerprint density at radius 1 is 1.50 bits per heavy atom. The molecule has 2 saturated carbocycles. The minimum Gasteiger partial charge on any atom is -0.478 e. The molecule has 2 aliphatic carbocycles. The maximum absolute atomic E-state index is 11.1. The van der Waals surface area contributed by atoms with Gasteiger partial charge in [-0.05, 0) is 38.5 Å². The predicted octanol–water partition coefficient (Wildman–Crippen LogP) is 2.43. The van der Waals surface area contributed by atoms with Gasteiger partial charge in [0.05, 0.1) is 17.9 Å². The molecule has 1 aromatic rings. The Balaban J connectivity index is 1.99. The Morgan fingerprint density at radius 2 is 2.19 bits per heavy atom. The van der Waals surface area contributed by atoms with E-state index in [9.17, 15) is 4.79 Å². The smallest absolute Gasteiger partial charge is 0.339 e. The zero-order valence-corrected chi connectivity index (χ0v) is 9.39. The van der Waals surface area contributed by atoms with Crippen LogP contribution >= 0.6 is 0 Å². The Hall–Kier alpha value is -1.32. The van der Waals surface area contributed by atoms with E-state index in [0.29, 0.717) is 23.4 Å². The largest absolute Gasteiger partial charge is 0.478 e. The molecule has 0 radical (unpaired) electrons. The van der Waals surface area contributed by atoms with E-state index in [4.69, 9.17) is 5.11 Å². The highest BCUT2D eigenvalue weighted by atomic mass is 16.4. The average molecular weight is 220 g/mol. The Morgan fingerprint density at radius 3 is 2.69 bits per heavy atom. The van der Waals surface area contributed by atoms with E-state index in [1.54, 1.807) is 0 Å². The van der Waals surface area contributed by atoms with Crippen molar-refractivity contribution in [1.29, 1.82) is 0 Å². The van der Waals surface area contributed by atoms with Crippen molar-refractivity contribution in [3.05, 3.63) is 17.5 Å². The van der Waals surface area contributed by atoms with Crippen LogP contribution in [0, 0.1) is 5.92 Å². The highest BCUT2D eigenvalue weighted by Gasteiger charge is 2.37. The number of carbonyl (C=O) groups is 1. The number of aromatic carboxylic acids is 1. The lowest BCUT2D eigenvalue weighted by Gasteiger charge is -2.15. The van der Waals surface area contributed by atoms with E-state index in [1.807, 2.05) is 4.68 Å². The first-order chi connectivity index (χ1) is 7.68. The third kappa shape index (κ3) is 1.52. The van der Waals surface area contributed by atoms with Crippen molar-refractivity contribution in [2.45, 2.75) is 44.6 Å². The molecule has 2 fully saturated rings. The van der Waals surface area contributed by atoms with Crippen LogP contribution in [-0.4, -0.2) is 20.9 Å². The van der Waals surface area contributed by atoms with E-state index in [-0.39, 0.29) is 0 Å². The summed E-state index contributed by atoms with van der Waals surface area (Å²) in [6.45, 7) is 2.15. The van der Waals surface area contributed by atoms with Crippen molar-refractivity contribution in [2.75, 3.05) is 0 Å². The van der Waals surface area contributed by atoms with Gasteiger partial charge in [0.25, 0.3) is 0 Å². The van der Waals surface area contributed by atoms with E-state index >= 15 is 0 Å². The number of carboxylic acids is 1. The van der Waals surface area contributed by atoms with Crippen LogP contribution in [0.3, 0.4) is 0 Å². The van der Waals surface area contributed by atoms with Crippen LogP contribution in [0.1, 0.15) is 60.6 Å². The van der Waals surface area contributed by atoms with Gasteiger partial charge >= 0.3 is 5.97 Å². The number of nitrogens with zero attached hydrogens (tertiary/aromatic N) is 2. The molecule has 4 heteroatoms. The van der Waals surface area contributed by atoms with Crippen LogP contribution < -0.4 is 0 Å². The predicted molar refractivity (Wildman–Crippen MR) is 58.6 cm³/mol. The van der Waals surface area contributed by atoms with Crippen molar-refractivity contribution in [3.63, 3.8) is 0 Å². The number of aromatic nitrogens is 2. The minimum atomic E-state index is -0.837. The molecule has 0 amide bonds. The monoisotopic (exact) mass is 220 g/mol. The van der Waals surface area contributed by atoms with Gasteiger partial charge in [-0.2, -0.15) is 5.10 Å². The summed E-state index contributed by atoms with van der Waals surface area (Å²) in [6.07, 6.45) is 6.27. The molecule has 3 rings (SSSR count). The molecule has 1 aromatic heterocycles. The van der Waals surface area contributed by atoms with Gasteiger partial charge in [0, 0.05) is 5.92 Å². The molecule has 2 aliphatic rings. The quantitative estimate of drug-likeness (QED) is 0.847. The molecule has 0 spiro atoms. The first-order valence-electron chi connectivity index (χ1n) is 5.99. The lowest BCUT2D eigenvalue weighted by atomic mass is 10.1. The van der Waals surface area contributed by atoms with Crippen LogP contribution in [-0.2, 0) is 0 Å². The van der Waals surface area contributed by atoms with E-state index in [0.717, 1.165) is 18.5 Å². The maximum atomic E-state index is 11.1. The van der Waals surface area contributed by atoms with Crippen LogP contribution in [0.4, 0.5) is 0 Å². The number of carboxylic acid groups (broad SMARTS) is 1. The zero-order valence-electron chi connectivity index (χ0n) is 9.39. The lowest BCUT2D eigenvalue weighted by Crippen LogP contribution is -2.13. The number of hydrogen-bond donors (Lipinski definition) is 1. The van der Waals surface area contributed by atoms with Gasteiger partial charge in [-0.1, -0.05) is 0 Å². The second kappa shape index (κ2) is 3.34. The van der Waals surface area contributed by atoms with Crippen molar-refractivity contribution in [3.8, 4) is 0 Å². The second-order valence-electron chi connectivity index (χ2n) is 5.05. The van der Waals surface area contributed by atoms with Gasteiger partial charge < -0.3 is 5.11 Å². The standard InChI is InChI=1S/C12H16N2O2/c1-7(8-2-3-8)14-11(9-4-5-9)10(6-13-14)12(15)16/h6-9H,2-5H2,1H3,(H,15,16). The fourth-order valence-electron chi connectivity index (χ4n) is 2.40. The lowest BCUT2D eigenvalue weighted by molar-refractivity contribution is 0.0695. The molecule has 4 nitrogen and oxygen atoms in total. The van der Waals surface area contributed by atoms with Crippen LogP contribution in [0.25, 0.3) is 0 Å². The van der Waals surface area contributed by atoms with Crippen molar-refractivity contribution < 1.29 is 9.90 Å². The first kappa shape index (κ1) is 9.87. The molecule has 1 unspecified atom stereocenters. The highest BCUT2D eigenvalue weighted by molar-refractivity contribution is 5.89. The summed E-state index contributed by atoms with van der Waals surface area (Å²) in [5, 5.41) is 13.4. The van der Waals surface area contributed by atoms with E-state index in [1.165, 1.54) is 19.0 Å². The molecule has 0 saturated heterocycles.